The zero-order valence-corrected chi connectivity index (χ0v) is 11.9. The largest absolute Gasteiger partial charge is 0.296 e. The van der Waals surface area contributed by atoms with Crippen molar-refractivity contribution in [2.24, 2.45) is 5.10 Å². The Morgan fingerprint density at radius 3 is 2.79 bits per heavy atom. The van der Waals surface area contributed by atoms with Crippen LogP contribution in [0, 0.1) is 6.92 Å². The molecule has 0 aliphatic heterocycles. The van der Waals surface area contributed by atoms with Gasteiger partial charge in [-0.2, -0.15) is 9.78 Å². The van der Waals surface area contributed by atoms with Crippen molar-refractivity contribution >= 4 is 29.6 Å². The highest BCUT2D eigenvalue weighted by atomic mass is 35.5. The van der Waals surface area contributed by atoms with Crippen LogP contribution in [0.3, 0.4) is 0 Å². The highest BCUT2D eigenvalue weighted by Crippen LogP contribution is 2.13. The van der Waals surface area contributed by atoms with Gasteiger partial charge in [-0.3, -0.25) is 4.79 Å². The maximum Gasteiger partial charge on any atom is 0.296 e. The molecule has 0 N–H and O–H groups in total. The normalized spacial score (nSPS) is 11.1. The predicted octanol–water partition coefficient (Wildman–Crippen LogP) is 2.20. The average Bonchev–Trinajstić information content (AvgIpc) is 2.42. The first-order valence-corrected chi connectivity index (χ1v) is 7.03. The molecule has 1 heterocycles. The van der Waals surface area contributed by atoms with Gasteiger partial charge in [0.1, 0.15) is 5.69 Å². The standard InChI is InChI=1S/C12H11ClN4OS/c1-8-11(18)17(12(19-2)16-15-8)14-7-9-5-3-4-6-10(9)13/h3-7H,1-2H3/b14-7-. The Bertz CT molecular complexity index is 684. The number of benzene rings is 1. The lowest BCUT2D eigenvalue weighted by Crippen LogP contribution is -2.23. The molecular weight excluding hydrogens is 284 g/mol. The summed E-state index contributed by atoms with van der Waals surface area (Å²) in [5.74, 6) is 0. The van der Waals surface area contributed by atoms with Gasteiger partial charge in [0.25, 0.3) is 5.56 Å². The number of halogens is 1. The van der Waals surface area contributed by atoms with E-state index in [2.05, 4.69) is 15.3 Å². The zero-order valence-electron chi connectivity index (χ0n) is 10.4. The highest BCUT2D eigenvalue weighted by molar-refractivity contribution is 7.98. The lowest BCUT2D eigenvalue weighted by Gasteiger charge is -2.03. The van der Waals surface area contributed by atoms with E-state index < -0.39 is 0 Å². The van der Waals surface area contributed by atoms with Crippen LogP contribution in [-0.4, -0.2) is 27.3 Å². The third kappa shape index (κ3) is 3.02. The second kappa shape index (κ2) is 5.99. The van der Waals surface area contributed by atoms with Crippen molar-refractivity contribution in [2.45, 2.75) is 12.1 Å². The lowest BCUT2D eigenvalue weighted by atomic mass is 10.2. The topological polar surface area (TPSA) is 60.1 Å². The second-order valence-electron chi connectivity index (χ2n) is 3.66. The first-order valence-electron chi connectivity index (χ1n) is 5.42. The molecule has 0 spiro atoms. The van der Waals surface area contributed by atoms with Crippen molar-refractivity contribution in [3.05, 3.63) is 50.9 Å². The number of thioether (sulfide) groups is 1. The van der Waals surface area contributed by atoms with Gasteiger partial charge in [0.2, 0.25) is 5.16 Å². The summed E-state index contributed by atoms with van der Waals surface area (Å²) in [7, 11) is 0. The molecule has 2 rings (SSSR count). The second-order valence-corrected chi connectivity index (χ2v) is 4.84. The van der Waals surface area contributed by atoms with E-state index in [-0.39, 0.29) is 5.56 Å². The molecule has 98 valence electrons. The Kier molecular flexibility index (Phi) is 4.34. The van der Waals surface area contributed by atoms with Crippen LogP contribution in [0.15, 0.2) is 39.3 Å². The molecule has 1 aromatic carbocycles. The van der Waals surface area contributed by atoms with Gasteiger partial charge < -0.3 is 0 Å². The summed E-state index contributed by atoms with van der Waals surface area (Å²) in [6, 6.07) is 7.26. The molecule has 0 fully saturated rings. The van der Waals surface area contributed by atoms with Crippen LogP contribution in [-0.2, 0) is 0 Å². The summed E-state index contributed by atoms with van der Waals surface area (Å²) in [6.45, 7) is 1.60. The van der Waals surface area contributed by atoms with Gasteiger partial charge in [-0.15, -0.1) is 10.2 Å². The van der Waals surface area contributed by atoms with E-state index in [9.17, 15) is 4.79 Å². The molecule has 0 bridgehead atoms. The summed E-state index contributed by atoms with van der Waals surface area (Å²) in [5.41, 5.74) is 0.745. The lowest BCUT2D eigenvalue weighted by molar-refractivity contribution is 0.635. The Morgan fingerprint density at radius 1 is 1.37 bits per heavy atom. The van der Waals surface area contributed by atoms with Crippen LogP contribution in [0.4, 0.5) is 0 Å². The average molecular weight is 295 g/mol. The van der Waals surface area contributed by atoms with Gasteiger partial charge in [0.05, 0.1) is 6.21 Å². The van der Waals surface area contributed by atoms with Crippen molar-refractivity contribution in [3.8, 4) is 0 Å². The molecule has 19 heavy (non-hydrogen) atoms. The first-order chi connectivity index (χ1) is 9.13. The van der Waals surface area contributed by atoms with E-state index in [0.29, 0.717) is 15.9 Å². The van der Waals surface area contributed by atoms with Crippen molar-refractivity contribution < 1.29 is 0 Å². The Labute approximate surface area is 119 Å². The van der Waals surface area contributed by atoms with Crippen LogP contribution in [0.2, 0.25) is 5.02 Å². The summed E-state index contributed by atoms with van der Waals surface area (Å²) in [4.78, 5) is 12.0. The monoisotopic (exact) mass is 294 g/mol. The van der Waals surface area contributed by atoms with Gasteiger partial charge >= 0.3 is 0 Å². The third-order valence-electron chi connectivity index (χ3n) is 2.37. The summed E-state index contributed by atoms with van der Waals surface area (Å²) in [6.07, 6.45) is 3.34. The van der Waals surface area contributed by atoms with Crippen molar-refractivity contribution in [1.29, 1.82) is 0 Å². The van der Waals surface area contributed by atoms with E-state index in [1.165, 1.54) is 22.7 Å². The van der Waals surface area contributed by atoms with E-state index in [4.69, 9.17) is 11.6 Å². The number of aryl methyl sites for hydroxylation is 1. The first kappa shape index (κ1) is 13.8. The number of rotatable bonds is 3. The molecule has 0 amide bonds. The van der Waals surface area contributed by atoms with Gasteiger partial charge in [-0.1, -0.05) is 41.6 Å². The molecular formula is C12H11ClN4OS. The quantitative estimate of drug-likeness (QED) is 0.643. The zero-order chi connectivity index (χ0) is 13.8. The van der Waals surface area contributed by atoms with Crippen LogP contribution in [0.5, 0.6) is 0 Å². The molecule has 1 aromatic heterocycles. The molecule has 0 saturated carbocycles. The van der Waals surface area contributed by atoms with Crippen molar-refractivity contribution in [2.75, 3.05) is 6.26 Å². The number of aromatic nitrogens is 3. The van der Waals surface area contributed by atoms with Crippen molar-refractivity contribution in [3.63, 3.8) is 0 Å². The molecule has 7 heteroatoms. The minimum absolute atomic E-state index is 0.289. The van der Waals surface area contributed by atoms with Crippen LogP contribution < -0.4 is 5.56 Å². The van der Waals surface area contributed by atoms with Gasteiger partial charge in [0.15, 0.2) is 0 Å². The van der Waals surface area contributed by atoms with E-state index in [1.54, 1.807) is 19.2 Å². The summed E-state index contributed by atoms with van der Waals surface area (Å²) in [5, 5.41) is 12.8. The number of hydrogen-bond acceptors (Lipinski definition) is 5. The molecule has 0 atom stereocenters. The molecule has 0 aliphatic carbocycles. The van der Waals surface area contributed by atoms with E-state index in [0.717, 1.165) is 5.56 Å². The number of nitrogens with zero attached hydrogens (tertiary/aromatic N) is 4. The van der Waals surface area contributed by atoms with Gasteiger partial charge in [-0.05, 0) is 19.2 Å². The van der Waals surface area contributed by atoms with Crippen molar-refractivity contribution in [1.82, 2.24) is 14.9 Å². The van der Waals surface area contributed by atoms with Crippen LogP contribution in [0.1, 0.15) is 11.3 Å². The molecule has 0 saturated heterocycles. The molecule has 0 radical (unpaired) electrons. The number of hydrogen-bond donors (Lipinski definition) is 0. The minimum atomic E-state index is -0.289. The van der Waals surface area contributed by atoms with Crippen LogP contribution in [0.25, 0.3) is 0 Å². The van der Waals surface area contributed by atoms with Gasteiger partial charge in [-0.25, -0.2) is 0 Å². The smallest absolute Gasteiger partial charge is 0.265 e. The molecule has 2 aromatic rings. The van der Waals surface area contributed by atoms with E-state index >= 15 is 0 Å². The Balaban J connectivity index is 2.47. The molecule has 0 aliphatic rings. The SMILES string of the molecule is CSc1nnc(C)c(=O)n1/N=C\c1ccccc1Cl. The summed E-state index contributed by atoms with van der Waals surface area (Å²) >= 11 is 7.32. The van der Waals surface area contributed by atoms with Crippen LogP contribution >= 0.6 is 23.4 Å². The minimum Gasteiger partial charge on any atom is -0.265 e. The highest BCUT2D eigenvalue weighted by Gasteiger charge is 2.07. The van der Waals surface area contributed by atoms with Gasteiger partial charge in [0, 0.05) is 10.6 Å². The maximum absolute atomic E-state index is 12.0. The maximum atomic E-state index is 12.0. The molecule has 5 nitrogen and oxygen atoms in total. The molecule has 0 unspecified atom stereocenters. The Morgan fingerprint density at radius 2 is 2.11 bits per heavy atom. The summed E-state index contributed by atoms with van der Waals surface area (Å²) < 4.78 is 1.22. The fourth-order valence-corrected chi connectivity index (χ4v) is 1.98. The predicted molar refractivity (Wildman–Crippen MR) is 77.3 cm³/mol. The fourth-order valence-electron chi connectivity index (χ4n) is 1.37. The third-order valence-corrected chi connectivity index (χ3v) is 3.33. The fraction of sp³-hybridized carbons (Fsp3) is 0.167. The Hall–Kier alpha value is -1.66. The van der Waals surface area contributed by atoms with E-state index in [1.807, 2.05) is 18.2 Å².